The average molecular weight is 498 g/mol. The fourth-order valence-electron chi connectivity index (χ4n) is 5.15. The molecule has 3 aliphatic heterocycles. The SMILES string of the molecule is O=C(O)C=CC(=O)O.c1ccc2c(c1)COC21CCN(CCCCOc2cc3n(n2)CCCC3)CC1. The standard InChI is InChI=1S/C23H31N3O2.C4H4O4/c1-2-9-21-19(7-1)18-28-23(21)10-14-25(15-11-23)12-5-6-16-27-22-17-20-8-3-4-13-26(20)24-22;5-3(6)1-2-4(7)8/h1-2,7,9,17H,3-6,8,10-16,18H2;1-2H,(H,5,6)(H,7,8). The highest BCUT2D eigenvalue weighted by molar-refractivity contribution is 5.89. The van der Waals surface area contributed by atoms with Gasteiger partial charge in [0.1, 0.15) is 0 Å². The molecule has 0 unspecified atom stereocenters. The number of rotatable bonds is 8. The average Bonchev–Trinajstić information content (AvgIpc) is 3.46. The number of benzene rings is 1. The first-order valence-corrected chi connectivity index (χ1v) is 12.7. The molecule has 4 heterocycles. The number of piperidine rings is 1. The molecule has 0 atom stereocenters. The summed E-state index contributed by atoms with van der Waals surface area (Å²) in [6.45, 7) is 6.01. The summed E-state index contributed by atoms with van der Waals surface area (Å²) in [5.74, 6) is -1.70. The molecular weight excluding hydrogens is 462 g/mol. The minimum atomic E-state index is -1.26. The number of aromatic nitrogens is 2. The normalized spacial score (nSPS) is 18.3. The van der Waals surface area contributed by atoms with Crippen LogP contribution in [0.3, 0.4) is 0 Å². The van der Waals surface area contributed by atoms with Crippen LogP contribution in [0.1, 0.15) is 55.3 Å². The van der Waals surface area contributed by atoms with Gasteiger partial charge >= 0.3 is 11.9 Å². The maximum atomic E-state index is 9.55. The number of carbonyl (C=O) groups is 2. The van der Waals surface area contributed by atoms with Gasteiger partial charge in [0.2, 0.25) is 5.88 Å². The Hall–Kier alpha value is -3.17. The molecule has 1 saturated heterocycles. The van der Waals surface area contributed by atoms with Crippen molar-refractivity contribution in [1.82, 2.24) is 14.7 Å². The molecule has 9 heteroatoms. The Morgan fingerprint density at radius 3 is 2.53 bits per heavy atom. The van der Waals surface area contributed by atoms with E-state index >= 15 is 0 Å². The Kier molecular flexibility index (Phi) is 8.77. The van der Waals surface area contributed by atoms with Gasteiger partial charge in [0.15, 0.2) is 0 Å². The van der Waals surface area contributed by atoms with Gasteiger partial charge in [0.25, 0.3) is 0 Å². The Balaban J connectivity index is 0.000000331. The summed E-state index contributed by atoms with van der Waals surface area (Å²) < 4.78 is 14.3. The highest BCUT2D eigenvalue weighted by atomic mass is 16.5. The van der Waals surface area contributed by atoms with Crippen LogP contribution in [0.25, 0.3) is 0 Å². The molecule has 36 heavy (non-hydrogen) atoms. The molecule has 1 aromatic carbocycles. The topological polar surface area (TPSA) is 114 Å². The number of fused-ring (bicyclic) bond motifs is 3. The van der Waals surface area contributed by atoms with Crippen molar-refractivity contribution in [3.63, 3.8) is 0 Å². The number of nitrogens with zero attached hydrogens (tertiary/aromatic N) is 3. The number of hydrogen-bond acceptors (Lipinski definition) is 6. The van der Waals surface area contributed by atoms with Gasteiger partial charge in [0.05, 0.1) is 18.8 Å². The van der Waals surface area contributed by atoms with Crippen LogP contribution >= 0.6 is 0 Å². The second kappa shape index (κ2) is 12.2. The summed E-state index contributed by atoms with van der Waals surface area (Å²) in [5.41, 5.74) is 4.13. The number of unbranched alkanes of at least 4 members (excludes halogenated alkanes) is 1. The van der Waals surface area contributed by atoms with Crippen molar-refractivity contribution in [2.45, 2.75) is 63.7 Å². The molecule has 194 valence electrons. The Morgan fingerprint density at radius 2 is 1.81 bits per heavy atom. The number of ether oxygens (including phenoxy) is 2. The zero-order valence-corrected chi connectivity index (χ0v) is 20.6. The first-order chi connectivity index (χ1) is 17.4. The second-order valence-electron chi connectivity index (χ2n) is 9.50. The third-order valence-electron chi connectivity index (χ3n) is 7.06. The molecule has 1 aromatic heterocycles. The quantitative estimate of drug-likeness (QED) is 0.420. The van der Waals surface area contributed by atoms with Crippen LogP contribution in [0.4, 0.5) is 0 Å². The van der Waals surface area contributed by atoms with Gasteiger partial charge in [-0.2, -0.15) is 0 Å². The lowest BCUT2D eigenvalue weighted by Crippen LogP contribution is -2.42. The minimum absolute atomic E-state index is 0.0174. The van der Waals surface area contributed by atoms with Crippen molar-refractivity contribution in [1.29, 1.82) is 0 Å². The molecule has 0 radical (unpaired) electrons. The smallest absolute Gasteiger partial charge is 0.328 e. The third-order valence-corrected chi connectivity index (χ3v) is 7.06. The monoisotopic (exact) mass is 497 g/mol. The minimum Gasteiger partial charge on any atom is -0.478 e. The first-order valence-electron chi connectivity index (χ1n) is 12.7. The van der Waals surface area contributed by atoms with E-state index in [4.69, 9.17) is 19.7 Å². The molecule has 2 aromatic rings. The van der Waals surface area contributed by atoms with E-state index in [0.717, 1.165) is 71.0 Å². The van der Waals surface area contributed by atoms with Gasteiger partial charge in [-0.15, -0.1) is 5.10 Å². The van der Waals surface area contributed by atoms with Crippen molar-refractivity contribution >= 4 is 11.9 Å². The number of aliphatic carboxylic acids is 2. The highest BCUT2D eigenvalue weighted by Crippen LogP contribution is 2.43. The predicted molar refractivity (Wildman–Crippen MR) is 133 cm³/mol. The Labute approximate surface area is 211 Å². The summed E-state index contributed by atoms with van der Waals surface area (Å²) in [6.07, 6.45) is 9.26. The predicted octanol–water partition coefficient (Wildman–Crippen LogP) is 3.61. The van der Waals surface area contributed by atoms with Crippen molar-refractivity contribution in [3.05, 3.63) is 59.3 Å². The third kappa shape index (κ3) is 6.73. The number of carboxylic acids is 2. The van der Waals surface area contributed by atoms with E-state index in [1.807, 2.05) is 0 Å². The van der Waals surface area contributed by atoms with Crippen molar-refractivity contribution in [2.75, 3.05) is 26.2 Å². The van der Waals surface area contributed by atoms with Gasteiger partial charge in [-0.25, -0.2) is 9.59 Å². The molecule has 2 N–H and O–H groups in total. The summed E-state index contributed by atoms with van der Waals surface area (Å²) in [5, 5.41) is 20.2. The van der Waals surface area contributed by atoms with Gasteiger partial charge in [-0.1, -0.05) is 24.3 Å². The maximum absolute atomic E-state index is 9.55. The summed E-state index contributed by atoms with van der Waals surface area (Å²) >= 11 is 0. The van der Waals surface area contributed by atoms with Crippen LogP contribution < -0.4 is 4.74 Å². The maximum Gasteiger partial charge on any atom is 0.328 e. The van der Waals surface area contributed by atoms with Crippen molar-refractivity contribution in [3.8, 4) is 5.88 Å². The van der Waals surface area contributed by atoms with Crippen LogP contribution in [0.2, 0.25) is 0 Å². The Bertz CT molecular complexity index is 1030. The number of carboxylic acid groups (broad SMARTS) is 2. The molecular formula is C27H35N3O6. The van der Waals surface area contributed by atoms with Gasteiger partial charge in [-0.05, 0) is 62.6 Å². The summed E-state index contributed by atoms with van der Waals surface area (Å²) in [7, 11) is 0. The van der Waals surface area contributed by atoms with E-state index < -0.39 is 11.9 Å². The van der Waals surface area contributed by atoms with Crippen LogP contribution in [-0.4, -0.2) is 63.1 Å². The highest BCUT2D eigenvalue weighted by Gasteiger charge is 2.42. The fourth-order valence-corrected chi connectivity index (χ4v) is 5.15. The molecule has 0 aliphatic carbocycles. The molecule has 0 amide bonds. The second-order valence-corrected chi connectivity index (χ2v) is 9.50. The van der Waals surface area contributed by atoms with E-state index in [9.17, 15) is 9.59 Å². The van der Waals surface area contributed by atoms with Gasteiger partial charge < -0.3 is 24.6 Å². The molecule has 1 spiro atoms. The summed E-state index contributed by atoms with van der Waals surface area (Å²) in [4.78, 5) is 21.7. The molecule has 0 bridgehead atoms. The first kappa shape index (κ1) is 25.9. The molecule has 9 nitrogen and oxygen atoms in total. The van der Waals surface area contributed by atoms with E-state index in [-0.39, 0.29) is 5.60 Å². The molecule has 0 saturated carbocycles. The number of hydrogen-bond donors (Lipinski definition) is 2. The van der Waals surface area contributed by atoms with E-state index in [1.165, 1.54) is 36.1 Å². The van der Waals surface area contributed by atoms with Crippen molar-refractivity contribution < 1.29 is 29.3 Å². The number of likely N-dealkylation sites (tertiary alicyclic amines) is 1. The lowest BCUT2D eigenvalue weighted by molar-refractivity contribution is -0.134. The van der Waals surface area contributed by atoms with Crippen LogP contribution in [0.15, 0.2) is 42.5 Å². The lowest BCUT2D eigenvalue weighted by Gasteiger charge is -2.39. The molecule has 3 aliphatic rings. The van der Waals surface area contributed by atoms with Crippen LogP contribution in [0.5, 0.6) is 5.88 Å². The van der Waals surface area contributed by atoms with E-state index in [0.29, 0.717) is 12.2 Å². The van der Waals surface area contributed by atoms with E-state index in [1.54, 1.807) is 0 Å². The summed E-state index contributed by atoms with van der Waals surface area (Å²) in [6, 6.07) is 10.9. The lowest BCUT2D eigenvalue weighted by atomic mass is 9.84. The van der Waals surface area contributed by atoms with E-state index in [2.05, 4.69) is 45.0 Å². The van der Waals surface area contributed by atoms with Crippen molar-refractivity contribution in [2.24, 2.45) is 0 Å². The molecule has 5 rings (SSSR count). The zero-order chi connectivity index (χ0) is 25.4. The fraction of sp³-hybridized carbons (Fsp3) is 0.519. The van der Waals surface area contributed by atoms with Gasteiger partial charge in [0, 0.05) is 43.5 Å². The van der Waals surface area contributed by atoms with Crippen LogP contribution in [0, 0.1) is 0 Å². The number of aryl methyl sites for hydroxylation is 2. The van der Waals surface area contributed by atoms with Crippen LogP contribution in [-0.2, 0) is 39.5 Å². The van der Waals surface area contributed by atoms with Gasteiger partial charge in [-0.3, -0.25) is 4.68 Å². The molecule has 1 fully saturated rings. The largest absolute Gasteiger partial charge is 0.478 e. The Morgan fingerprint density at radius 1 is 1.06 bits per heavy atom. The zero-order valence-electron chi connectivity index (χ0n) is 20.6.